The van der Waals surface area contributed by atoms with Crippen LogP contribution in [0.5, 0.6) is 0 Å². The first-order valence-electron chi connectivity index (χ1n) is 5.03. The highest BCUT2D eigenvalue weighted by molar-refractivity contribution is 7.90. The van der Waals surface area contributed by atoms with Gasteiger partial charge in [-0.3, -0.25) is 0 Å². The summed E-state index contributed by atoms with van der Waals surface area (Å²) in [4.78, 5) is 7.75. The highest BCUT2D eigenvalue weighted by atomic mass is 35.5. The molecule has 94 valence electrons. The zero-order chi connectivity index (χ0) is 13.2. The fourth-order valence-corrected chi connectivity index (χ4v) is 3.21. The quantitative estimate of drug-likeness (QED) is 0.866. The SMILES string of the molecule is Nc1ccc(Cl)c(S(=O)(=O)Cc2ncccn2)c1. The van der Waals surface area contributed by atoms with E-state index in [0.717, 1.165) is 0 Å². The summed E-state index contributed by atoms with van der Waals surface area (Å²) in [5.41, 5.74) is 5.90. The predicted molar refractivity (Wildman–Crippen MR) is 68.8 cm³/mol. The van der Waals surface area contributed by atoms with Gasteiger partial charge in [0, 0.05) is 18.1 Å². The normalized spacial score (nSPS) is 11.4. The number of hydrogen-bond acceptors (Lipinski definition) is 5. The summed E-state index contributed by atoms with van der Waals surface area (Å²) in [6.45, 7) is 0. The van der Waals surface area contributed by atoms with Crippen LogP contribution in [0.4, 0.5) is 5.69 Å². The van der Waals surface area contributed by atoms with Crippen LogP contribution in [0.1, 0.15) is 5.82 Å². The van der Waals surface area contributed by atoms with Gasteiger partial charge in [0.05, 0.1) is 9.92 Å². The number of nitrogens with two attached hydrogens (primary N) is 1. The number of nitrogens with zero attached hydrogens (tertiary/aromatic N) is 2. The van der Waals surface area contributed by atoms with E-state index in [4.69, 9.17) is 17.3 Å². The van der Waals surface area contributed by atoms with E-state index < -0.39 is 9.84 Å². The lowest BCUT2D eigenvalue weighted by Gasteiger charge is -2.06. The van der Waals surface area contributed by atoms with Gasteiger partial charge in [0.15, 0.2) is 9.84 Å². The molecule has 1 heterocycles. The van der Waals surface area contributed by atoms with Gasteiger partial charge >= 0.3 is 0 Å². The maximum Gasteiger partial charge on any atom is 0.187 e. The lowest BCUT2D eigenvalue weighted by atomic mass is 10.3. The Morgan fingerprint density at radius 2 is 1.89 bits per heavy atom. The van der Waals surface area contributed by atoms with E-state index in [-0.39, 0.29) is 21.5 Å². The lowest BCUT2D eigenvalue weighted by Crippen LogP contribution is -2.08. The Morgan fingerprint density at radius 1 is 1.22 bits per heavy atom. The molecule has 0 fully saturated rings. The van der Waals surface area contributed by atoms with E-state index in [0.29, 0.717) is 5.69 Å². The first-order valence-corrected chi connectivity index (χ1v) is 7.06. The highest BCUT2D eigenvalue weighted by Crippen LogP contribution is 2.26. The molecule has 0 spiro atoms. The van der Waals surface area contributed by atoms with Crippen molar-refractivity contribution in [3.63, 3.8) is 0 Å². The van der Waals surface area contributed by atoms with Crippen molar-refractivity contribution in [1.29, 1.82) is 0 Å². The van der Waals surface area contributed by atoms with Crippen molar-refractivity contribution >= 4 is 27.1 Å². The Bertz CT molecular complexity index is 659. The minimum absolute atomic E-state index is 0.00313. The molecular weight excluding hydrogens is 274 g/mol. The van der Waals surface area contributed by atoms with Gasteiger partial charge in [-0.2, -0.15) is 0 Å². The fourth-order valence-electron chi connectivity index (χ4n) is 1.41. The standard InChI is InChI=1S/C11H10ClN3O2S/c12-9-3-2-8(13)6-10(9)18(16,17)7-11-14-4-1-5-15-11/h1-6H,7,13H2. The highest BCUT2D eigenvalue weighted by Gasteiger charge is 2.20. The van der Waals surface area contributed by atoms with Gasteiger partial charge in [-0.05, 0) is 24.3 Å². The number of nitrogen functional groups attached to an aromatic ring is 1. The van der Waals surface area contributed by atoms with Gasteiger partial charge in [0.25, 0.3) is 0 Å². The second-order valence-corrected chi connectivity index (χ2v) is 5.98. The van der Waals surface area contributed by atoms with E-state index in [1.165, 1.54) is 24.5 Å². The maximum atomic E-state index is 12.2. The Hall–Kier alpha value is -1.66. The van der Waals surface area contributed by atoms with E-state index in [2.05, 4.69) is 9.97 Å². The molecule has 18 heavy (non-hydrogen) atoms. The van der Waals surface area contributed by atoms with Crippen molar-refractivity contribution in [2.24, 2.45) is 0 Å². The van der Waals surface area contributed by atoms with Crippen LogP contribution in [0.3, 0.4) is 0 Å². The monoisotopic (exact) mass is 283 g/mol. The molecule has 2 N–H and O–H groups in total. The first kappa shape index (κ1) is 12.8. The minimum atomic E-state index is -3.60. The van der Waals surface area contributed by atoms with Gasteiger partial charge in [0.2, 0.25) is 0 Å². The van der Waals surface area contributed by atoms with Crippen LogP contribution in [0.15, 0.2) is 41.6 Å². The molecule has 1 aromatic heterocycles. The van der Waals surface area contributed by atoms with Crippen LogP contribution in [-0.2, 0) is 15.6 Å². The zero-order valence-electron chi connectivity index (χ0n) is 9.25. The van der Waals surface area contributed by atoms with E-state index in [1.54, 1.807) is 12.1 Å². The summed E-state index contributed by atoms with van der Waals surface area (Å²) in [5, 5.41) is 0.139. The zero-order valence-corrected chi connectivity index (χ0v) is 10.8. The Kier molecular flexibility index (Phi) is 3.49. The Labute approximate surface area is 110 Å². The second kappa shape index (κ2) is 4.91. The van der Waals surface area contributed by atoms with Crippen molar-refractivity contribution in [2.45, 2.75) is 10.6 Å². The molecule has 0 aliphatic rings. The van der Waals surface area contributed by atoms with E-state index in [9.17, 15) is 8.42 Å². The molecule has 0 atom stereocenters. The summed E-state index contributed by atoms with van der Waals surface area (Å²) in [5.74, 6) is -0.0900. The molecular formula is C11H10ClN3O2S. The average molecular weight is 284 g/mol. The molecule has 0 saturated heterocycles. The van der Waals surface area contributed by atoms with Crippen LogP contribution >= 0.6 is 11.6 Å². The third-order valence-corrected chi connectivity index (χ3v) is 4.32. The average Bonchev–Trinajstić information content (AvgIpc) is 2.33. The number of sulfone groups is 1. The molecule has 0 bridgehead atoms. The molecule has 0 aliphatic heterocycles. The van der Waals surface area contributed by atoms with E-state index in [1.807, 2.05) is 0 Å². The summed E-state index contributed by atoms with van der Waals surface area (Å²) in [7, 11) is -3.60. The van der Waals surface area contributed by atoms with Gasteiger partial charge < -0.3 is 5.73 Å². The van der Waals surface area contributed by atoms with Gasteiger partial charge in [-0.15, -0.1) is 0 Å². The Balaban J connectivity index is 2.40. The molecule has 0 amide bonds. The number of rotatable bonds is 3. The van der Waals surface area contributed by atoms with Gasteiger partial charge in [0.1, 0.15) is 11.6 Å². The second-order valence-electron chi connectivity index (χ2n) is 3.61. The van der Waals surface area contributed by atoms with E-state index >= 15 is 0 Å². The minimum Gasteiger partial charge on any atom is -0.399 e. The predicted octanol–water partition coefficient (Wildman–Crippen LogP) is 1.69. The molecule has 2 aromatic rings. The summed E-state index contributed by atoms with van der Waals surface area (Å²) >= 11 is 5.87. The number of halogens is 1. The molecule has 2 rings (SSSR count). The smallest absolute Gasteiger partial charge is 0.187 e. The molecule has 0 aliphatic carbocycles. The van der Waals surface area contributed by atoms with Crippen molar-refractivity contribution in [3.8, 4) is 0 Å². The van der Waals surface area contributed by atoms with Crippen molar-refractivity contribution in [1.82, 2.24) is 9.97 Å². The lowest BCUT2D eigenvalue weighted by molar-refractivity contribution is 0.594. The van der Waals surface area contributed by atoms with Crippen LogP contribution in [0.2, 0.25) is 5.02 Å². The Morgan fingerprint density at radius 3 is 2.56 bits per heavy atom. The molecule has 0 saturated carbocycles. The molecule has 0 radical (unpaired) electrons. The van der Waals surface area contributed by atoms with Crippen molar-refractivity contribution in [2.75, 3.05) is 5.73 Å². The summed E-state index contributed by atoms with van der Waals surface area (Å²) < 4.78 is 24.3. The summed E-state index contributed by atoms with van der Waals surface area (Å²) in [6.07, 6.45) is 2.97. The fraction of sp³-hybridized carbons (Fsp3) is 0.0909. The largest absolute Gasteiger partial charge is 0.399 e. The summed E-state index contributed by atoms with van der Waals surface area (Å²) in [6, 6.07) is 5.94. The van der Waals surface area contributed by atoms with Crippen molar-refractivity contribution in [3.05, 3.63) is 47.5 Å². The van der Waals surface area contributed by atoms with Gasteiger partial charge in [-0.25, -0.2) is 18.4 Å². The van der Waals surface area contributed by atoms with Crippen LogP contribution in [-0.4, -0.2) is 18.4 Å². The maximum absolute atomic E-state index is 12.2. The molecule has 7 heteroatoms. The molecule has 1 aromatic carbocycles. The van der Waals surface area contributed by atoms with Crippen LogP contribution in [0.25, 0.3) is 0 Å². The molecule has 0 unspecified atom stereocenters. The topological polar surface area (TPSA) is 85.9 Å². The number of anilines is 1. The first-order chi connectivity index (χ1) is 8.49. The molecule has 5 nitrogen and oxygen atoms in total. The van der Waals surface area contributed by atoms with Crippen LogP contribution < -0.4 is 5.73 Å². The van der Waals surface area contributed by atoms with Crippen LogP contribution in [0, 0.1) is 0 Å². The third-order valence-electron chi connectivity index (χ3n) is 2.23. The number of benzene rings is 1. The number of aromatic nitrogens is 2. The van der Waals surface area contributed by atoms with Crippen molar-refractivity contribution < 1.29 is 8.42 Å². The third kappa shape index (κ3) is 2.77. The van der Waals surface area contributed by atoms with Gasteiger partial charge in [-0.1, -0.05) is 11.6 Å². The number of hydrogen-bond donors (Lipinski definition) is 1.